The minimum Gasteiger partial charge on any atom is -0.448 e. The highest BCUT2D eigenvalue weighted by atomic mass is 79.9. The van der Waals surface area contributed by atoms with Gasteiger partial charge in [0.05, 0.1) is 5.69 Å². The largest absolute Gasteiger partial charge is 0.448 e. The number of hydrogen-bond donors (Lipinski definition) is 1. The van der Waals surface area contributed by atoms with Crippen LogP contribution in [0.5, 0.6) is 0 Å². The van der Waals surface area contributed by atoms with Crippen molar-refractivity contribution in [1.82, 2.24) is 9.55 Å². The van der Waals surface area contributed by atoms with Crippen molar-refractivity contribution in [3.05, 3.63) is 104 Å². The number of ether oxygens (including phenoxy) is 1. The van der Waals surface area contributed by atoms with Crippen LogP contribution in [-0.2, 0) is 16.6 Å². The number of fused-ring (bicyclic) bond motifs is 1. The Labute approximate surface area is 243 Å². The number of aromatic nitrogens is 2. The van der Waals surface area contributed by atoms with Gasteiger partial charge in [-0.2, -0.15) is 0 Å². The molecule has 0 bridgehead atoms. The molecule has 0 spiro atoms. The van der Waals surface area contributed by atoms with Crippen molar-refractivity contribution in [2.24, 2.45) is 7.05 Å². The molecule has 1 atom stereocenters. The van der Waals surface area contributed by atoms with Gasteiger partial charge in [0, 0.05) is 33.4 Å². The molecule has 0 saturated carbocycles. The molecule has 40 heavy (non-hydrogen) atoms. The fourth-order valence-electron chi connectivity index (χ4n) is 4.49. The lowest BCUT2D eigenvalue weighted by atomic mass is 9.96. The average molecular weight is 617 g/mol. The van der Waals surface area contributed by atoms with Gasteiger partial charge in [-0.3, -0.25) is 14.9 Å². The van der Waals surface area contributed by atoms with Crippen molar-refractivity contribution in [2.45, 2.75) is 26.4 Å². The molecule has 3 aromatic carbocycles. The number of anilines is 1. The van der Waals surface area contributed by atoms with Crippen LogP contribution in [-0.4, -0.2) is 27.5 Å². The number of pyridine rings is 1. The number of nitrogens with zero attached hydrogens (tertiary/aromatic N) is 2. The van der Waals surface area contributed by atoms with Gasteiger partial charge in [0.2, 0.25) is 0 Å². The van der Waals surface area contributed by atoms with Crippen LogP contribution in [0, 0.1) is 6.92 Å². The number of halogens is 1. The summed E-state index contributed by atoms with van der Waals surface area (Å²) in [5, 5.41) is 6.16. The first-order valence-electron chi connectivity index (χ1n) is 12.7. The Hall–Kier alpha value is -4.08. The quantitative estimate of drug-likeness (QED) is 0.200. The predicted octanol–water partition coefficient (Wildman–Crippen LogP) is 6.97. The van der Waals surface area contributed by atoms with Crippen LogP contribution in [0.3, 0.4) is 0 Å². The number of aryl methyl sites for hydroxylation is 1. The highest BCUT2D eigenvalue weighted by Crippen LogP contribution is 2.32. The molecule has 5 rings (SSSR count). The first-order valence-corrected chi connectivity index (χ1v) is 14.4. The zero-order valence-electron chi connectivity index (χ0n) is 22.1. The summed E-state index contributed by atoms with van der Waals surface area (Å²) >= 11 is 4.71. The Morgan fingerprint density at radius 1 is 1.00 bits per heavy atom. The molecule has 2 heterocycles. The molecule has 2 aromatic heterocycles. The zero-order valence-corrected chi connectivity index (χ0v) is 24.5. The second-order valence-electron chi connectivity index (χ2n) is 9.34. The van der Waals surface area contributed by atoms with Crippen LogP contribution < -0.4 is 10.9 Å². The van der Waals surface area contributed by atoms with Crippen molar-refractivity contribution >= 4 is 55.0 Å². The van der Waals surface area contributed by atoms with E-state index in [2.05, 4.69) is 26.2 Å². The molecule has 202 valence electrons. The lowest BCUT2D eigenvalue weighted by Gasteiger charge is -2.20. The van der Waals surface area contributed by atoms with Crippen molar-refractivity contribution in [3.8, 4) is 22.4 Å². The van der Waals surface area contributed by atoms with E-state index in [1.54, 1.807) is 26.1 Å². The van der Waals surface area contributed by atoms with Crippen LogP contribution in [0.1, 0.15) is 29.4 Å². The summed E-state index contributed by atoms with van der Waals surface area (Å²) in [5.41, 5.74) is 3.83. The molecule has 1 amide bonds. The van der Waals surface area contributed by atoms with E-state index in [0.29, 0.717) is 21.5 Å². The SMILES string of the molecule is CCC(OC(=O)c1c(-c2ccc(C)cc2)c2ccccc2c(=O)n1C)C(=O)Nc1nc(-c2ccc(Br)cc2)cs1. The minimum atomic E-state index is -1.08. The lowest BCUT2D eigenvalue weighted by molar-refractivity contribution is -0.124. The smallest absolute Gasteiger partial charge is 0.356 e. The summed E-state index contributed by atoms with van der Waals surface area (Å²) in [6, 6.07) is 22.6. The fourth-order valence-corrected chi connectivity index (χ4v) is 5.48. The highest BCUT2D eigenvalue weighted by Gasteiger charge is 2.28. The third kappa shape index (κ3) is 5.48. The monoisotopic (exact) mass is 615 g/mol. The van der Waals surface area contributed by atoms with Gasteiger partial charge in [-0.25, -0.2) is 9.78 Å². The fraction of sp³-hybridized carbons (Fsp3) is 0.161. The van der Waals surface area contributed by atoms with Crippen molar-refractivity contribution in [2.75, 3.05) is 5.32 Å². The molecule has 0 fully saturated rings. The second kappa shape index (κ2) is 11.6. The molecule has 1 N–H and O–H groups in total. The molecule has 0 aliphatic rings. The summed E-state index contributed by atoms with van der Waals surface area (Å²) in [4.78, 5) is 44.6. The Morgan fingerprint density at radius 2 is 1.65 bits per heavy atom. The Bertz CT molecular complexity index is 1780. The number of esters is 1. The summed E-state index contributed by atoms with van der Waals surface area (Å²) in [6.45, 7) is 3.74. The minimum absolute atomic E-state index is 0.0885. The molecule has 5 aromatic rings. The molecule has 0 radical (unpaired) electrons. The zero-order chi connectivity index (χ0) is 28.4. The van der Waals surface area contributed by atoms with E-state index in [-0.39, 0.29) is 17.7 Å². The topological polar surface area (TPSA) is 90.3 Å². The van der Waals surface area contributed by atoms with E-state index >= 15 is 0 Å². The molecule has 1 unspecified atom stereocenters. The number of nitrogens with one attached hydrogen (secondary N) is 1. The number of thiazole rings is 1. The van der Waals surface area contributed by atoms with Crippen LogP contribution in [0.4, 0.5) is 5.13 Å². The number of rotatable bonds is 7. The number of carbonyl (C=O) groups is 2. The number of carbonyl (C=O) groups excluding carboxylic acids is 2. The van der Waals surface area contributed by atoms with Crippen molar-refractivity contribution in [1.29, 1.82) is 0 Å². The number of hydrogen-bond acceptors (Lipinski definition) is 6. The van der Waals surface area contributed by atoms with Crippen molar-refractivity contribution in [3.63, 3.8) is 0 Å². The molecule has 9 heteroatoms. The summed E-state index contributed by atoms with van der Waals surface area (Å²) < 4.78 is 8.02. The average Bonchev–Trinajstić information content (AvgIpc) is 3.42. The maximum absolute atomic E-state index is 13.7. The van der Waals surface area contributed by atoms with Gasteiger partial charge in [0.25, 0.3) is 11.5 Å². The van der Waals surface area contributed by atoms with Gasteiger partial charge in [-0.05, 0) is 42.5 Å². The predicted molar refractivity (Wildman–Crippen MR) is 163 cm³/mol. The normalized spacial score (nSPS) is 11.8. The molecular formula is C31H26BrN3O4S. The highest BCUT2D eigenvalue weighted by molar-refractivity contribution is 9.10. The van der Waals surface area contributed by atoms with Gasteiger partial charge in [0.1, 0.15) is 5.69 Å². The third-order valence-corrected chi connectivity index (χ3v) is 7.91. The molecular weight excluding hydrogens is 590 g/mol. The Balaban J connectivity index is 1.45. The summed E-state index contributed by atoms with van der Waals surface area (Å²) in [7, 11) is 1.54. The van der Waals surface area contributed by atoms with Gasteiger partial charge in [-0.15, -0.1) is 11.3 Å². The lowest BCUT2D eigenvalue weighted by Crippen LogP contribution is -2.34. The van der Waals surface area contributed by atoms with Crippen LogP contribution in [0.25, 0.3) is 33.2 Å². The van der Waals surface area contributed by atoms with Crippen LogP contribution >= 0.6 is 27.3 Å². The van der Waals surface area contributed by atoms with E-state index < -0.39 is 18.0 Å². The maximum atomic E-state index is 13.7. The van der Waals surface area contributed by atoms with E-state index in [1.165, 1.54) is 15.9 Å². The number of amides is 1. The van der Waals surface area contributed by atoms with Gasteiger partial charge >= 0.3 is 5.97 Å². The van der Waals surface area contributed by atoms with E-state index in [0.717, 1.165) is 26.9 Å². The van der Waals surface area contributed by atoms with Gasteiger partial charge < -0.3 is 9.30 Å². The van der Waals surface area contributed by atoms with Crippen molar-refractivity contribution < 1.29 is 14.3 Å². The van der Waals surface area contributed by atoms with Crippen LogP contribution in [0.15, 0.2) is 87.4 Å². The van der Waals surface area contributed by atoms with E-state index in [1.807, 2.05) is 73.0 Å². The maximum Gasteiger partial charge on any atom is 0.356 e. The van der Waals surface area contributed by atoms with Crippen LogP contribution in [0.2, 0.25) is 0 Å². The first kappa shape index (κ1) is 27.5. The summed E-state index contributed by atoms with van der Waals surface area (Å²) in [6.07, 6.45) is -0.843. The third-order valence-electron chi connectivity index (χ3n) is 6.62. The van der Waals surface area contributed by atoms with Gasteiger partial charge in [-0.1, -0.05) is 83.0 Å². The second-order valence-corrected chi connectivity index (χ2v) is 11.1. The standard InChI is InChI=1S/C31H26BrN3O4S/c1-4-25(28(36)34-31-33-24(17-40-31)19-13-15-21(32)16-14-19)39-30(38)27-26(20-11-9-18(2)10-12-20)22-7-5-6-8-23(22)29(37)35(27)3/h5-17,25H,4H2,1-3H3,(H,33,34,36). The molecule has 0 aliphatic heterocycles. The van der Waals surface area contributed by atoms with Gasteiger partial charge in [0.15, 0.2) is 11.2 Å². The first-order chi connectivity index (χ1) is 19.3. The summed E-state index contributed by atoms with van der Waals surface area (Å²) in [5.74, 6) is -1.24. The molecule has 7 nitrogen and oxygen atoms in total. The Morgan fingerprint density at radius 3 is 2.33 bits per heavy atom. The van der Waals surface area contributed by atoms with E-state index in [4.69, 9.17) is 4.74 Å². The molecule has 0 saturated heterocycles. The van der Waals surface area contributed by atoms with E-state index in [9.17, 15) is 14.4 Å². The number of benzene rings is 3. The molecule has 0 aliphatic carbocycles. The Kier molecular flexibility index (Phi) is 7.95.